The molecule has 0 radical (unpaired) electrons. The molecule has 5 aromatic rings. The molecule has 6 atom stereocenters. The smallest absolute Gasteiger partial charge is 0.407 e. The molecule has 3 saturated carbocycles. The maximum atomic E-state index is 13.9. The standard InChI is InChI=1S/C42H47N7O3/c1-23(2)37(48-41(51)52-3)40(50)49-22-42(12-13-42)19-35(49)38-44-21-34(46-38)29-11-10-27-14-26(8-9-28(27)15-29)24-4-6-25(7-5-24)33-20-45-39(47-33)36(43)32-17-30-16-31(30)18-32/h4-11,14-15,20-21,23,30-32,35-37H,12-13,16-19,22,43H2,1-3H3,(H,44,46)(H,45,47)(H,48,51)/t30-,31?,32?,35-,36-,37-/m0/s1. The lowest BCUT2D eigenvalue weighted by atomic mass is 9.95. The van der Waals surface area contributed by atoms with Crippen LogP contribution in [0.5, 0.6) is 0 Å². The lowest BCUT2D eigenvalue weighted by Crippen LogP contribution is -2.51. The molecule has 2 amide bonds. The fourth-order valence-corrected chi connectivity index (χ4v) is 8.97. The van der Waals surface area contributed by atoms with Crippen LogP contribution in [0, 0.1) is 29.1 Å². The first kappa shape index (κ1) is 32.9. The lowest BCUT2D eigenvalue weighted by Gasteiger charge is -2.30. The number of benzene rings is 3. The van der Waals surface area contributed by atoms with Crippen LogP contribution in [-0.2, 0) is 9.53 Å². The third-order valence-corrected chi connectivity index (χ3v) is 12.4. The summed E-state index contributed by atoms with van der Waals surface area (Å²) in [4.78, 5) is 44.4. The van der Waals surface area contributed by atoms with Crippen molar-refractivity contribution in [1.29, 1.82) is 0 Å². The van der Waals surface area contributed by atoms with E-state index in [4.69, 9.17) is 15.5 Å². The number of carbonyl (C=O) groups excluding carboxylic acids is 2. The number of fused-ring (bicyclic) bond motifs is 2. The number of hydrogen-bond donors (Lipinski definition) is 4. The number of hydrogen-bond acceptors (Lipinski definition) is 6. The first-order valence-corrected chi connectivity index (χ1v) is 18.8. The molecule has 268 valence electrons. The number of methoxy groups -OCH3 is 1. The largest absolute Gasteiger partial charge is 0.453 e. The lowest BCUT2D eigenvalue weighted by molar-refractivity contribution is -0.135. The average Bonchev–Trinajstić information content (AvgIpc) is 3.70. The number of rotatable bonds is 9. The van der Waals surface area contributed by atoms with Gasteiger partial charge in [-0.15, -0.1) is 0 Å². The summed E-state index contributed by atoms with van der Waals surface area (Å²) in [6.07, 6.45) is 10.2. The van der Waals surface area contributed by atoms with Gasteiger partial charge in [0.15, 0.2) is 0 Å². The summed E-state index contributed by atoms with van der Waals surface area (Å²) >= 11 is 0. The van der Waals surface area contributed by atoms with Crippen molar-refractivity contribution in [2.24, 2.45) is 34.8 Å². The molecule has 2 aromatic heterocycles. The number of ether oxygens (including phenoxy) is 1. The number of aromatic nitrogens is 4. The molecule has 4 fully saturated rings. The van der Waals surface area contributed by atoms with Crippen LogP contribution in [0.3, 0.4) is 0 Å². The Hall–Kier alpha value is -4.96. The highest BCUT2D eigenvalue weighted by molar-refractivity contribution is 5.91. The van der Waals surface area contributed by atoms with E-state index in [1.165, 1.54) is 26.4 Å². The van der Waals surface area contributed by atoms with E-state index in [0.29, 0.717) is 12.5 Å². The van der Waals surface area contributed by atoms with Crippen LogP contribution in [0.4, 0.5) is 4.79 Å². The number of carbonyl (C=O) groups is 2. The second-order valence-corrected chi connectivity index (χ2v) is 16.3. The zero-order valence-corrected chi connectivity index (χ0v) is 30.1. The summed E-state index contributed by atoms with van der Waals surface area (Å²) in [7, 11) is 1.32. The zero-order valence-electron chi connectivity index (χ0n) is 30.1. The molecule has 0 bridgehead atoms. The van der Waals surface area contributed by atoms with Gasteiger partial charge in [0.2, 0.25) is 5.91 Å². The van der Waals surface area contributed by atoms with Gasteiger partial charge < -0.3 is 30.7 Å². The van der Waals surface area contributed by atoms with Gasteiger partial charge in [-0.3, -0.25) is 4.79 Å². The molecule has 3 heterocycles. The van der Waals surface area contributed by atoms with Crippen LogP contribution in [0.2, 0.25) is 0 Å². The number of amides is 2. The van der Waals surface area contributed by atoms with Crippen LogP contribution in [-0.4, -0.2) is 56.5 Å². The number of nitrogens with zero attached hydrogens (tertiary/aromatic N) is 3. The van der Waals surface area contributed by atoms with Crippen LogP contribution < -0.4 is 11.1 Å². The Labute approximate surface area is 304 Å². The number of imidazole rings is 2. The molecule has 4 aliphatic rings. The van der Waals surface area contributed by atoms with Crippen molar-refractivity contribution >= 4 is 22.8 Å². The summed E-state index contributed by atoms with van der Waals surface area (Å²) in [6.45, 7) is 4.55. The fraction of sp³-hybridized carbons (Fsp3) is 0.429. The normalized spacial score (nSPS) is 23.9. The van der Waals surface area contributed by atoms with E-state index in [-0.39, 0.29) is 29.3 Å². The van der Waals surface area contributed by atoms with Gasteiger partial charge in [-0.25, -0.2) is 14.8 Å². The third-order valence-electron chi connectivity index (χ3n) is 12.4. The van der Waals surface area contributed by atoms with Gasteiger partial charge in [-0.05, 0) is 107 Å². The van der Waals surface area contributed by atoms with Gasteiger partial charge in [-0.1, -0.05) is 62.4 Å². The van der Waals surface area contributed by atoms with Gasteiger partial charge in [0.05, 0.1) is 43.0 Å². The van der Waals surface area contributed by atoms with Crippen molar-refractivity contribution in [2.75, 3.05) is 13.7 Å². The minimum Gasteiger partial charge on any atom is -0.453 e. The van der Waals surface area contributed by atoms with Crippen molar-refractivity contribution in [3.63, 3.8) is 0 Å². The van der Waals surface area contributed by atoms with Crippen LogP contribution in [0.15, 0.2) is 73.1 Å². The van der Waals surface area contributed by atoms with Gasteiger partial charge in [0.25, 0.3) is 0 Å². The number of alkyl carbamates (subject to hydrolysis) is 1. The minimum absolute atomic E-state index is 0.0155. The molecular formula is C42H47N7O3. The maximum absolute atomic E-state index is 13.9. The number of H-pyrrole nitrogens is 2. The van der Waals surface area contributed by atoms with Gasteiger partial charge in [-0.2, -0.15) is 0 Å². The van der Waals surface area contributed by atoms with E-state index in [0.717, 1.165) is 87.2 Å². The van der Waals surface area contributed by atoms with E-state index >= 15 is 0 Å². The summed E-state index contributed by atoms with van der Waals surface area (Å²) in [6, 6.07) is 20.8. The number of aromatic amines is 2. The Morgan fingerprint density at radius 1 is 0.865 bits per heavy atom. The first-order valence-electron chi connectivity index (χ1n) is 18.8. The van der Waals surface area contributed by atoms with Crippen molar-refractivity contribution in [1.82, 2.24) is 30.2 Å². The molecule has 9 rings (SSSR count). The van der Waals surface area contributed by atoms with Crippen molar-refractivity contribution in [2.45, 2.75) is 70.5 Å². The van der Waals surface area contributed by atoms with Crippen LogP contribution in [0.25, 0.3) is 44.4 Å². The van der Waals surface area contributed by atoms with Gasteiger partial charge in [0.1, 0.15) is 17.7 Å². The molecule has 10 heteroatoms. The van der Waals surface area contributed by atoms with E-state index in [2.05, 4.69) is 80.9 Å². The zero-order chi connectivity index (χ0) is 35.7. The topological polar surface area (TPSA) is 142 Å². The summed E-state index contributed by atoms with van der Waals surface area (Å²) in [5.74, 6) is 3.87. The van der Waals surface area contributed by atoms with Gasteiger partial charge >= 0.3 is 6.09 Å². The van der Waals surface area contributed by atoms with E-state index in [1.807, 2.05) is 31.1 Å². The predicted molar refractivity (Wildman–Crippen MR) is 201 cm³/mol. The Morgan fingerprint density at radius 3 is 2.19 bits per heavy atom. The molecule has 1 saturated heterocycles. The quantitative estimate of drug-likeness (QED) is 0.124. The van der Waals surface area contributed by atoms with Gasteiger partial charge in [0, 0.05) is 12.1 Å². The molecule has 1 spiro atoms. The van der Waals surface area contributed by atoms with Crippen molar-refractivity contribution < 1.29 is 14.3 Å². The second-order valence-electron chi connectivity index (χ2n) is 16.3. The monoisotopic (exact) mass is 697 g/mol. The Bertz CT molecular complexity index is 2140. The van der Waals surface area contributed by atoms with Crippen LogP contribution in [0.1, 0.15) is 76.1 Å². The minimum atomic E-state index is -0.665. The van der Waals surface area contributed by atoms with Crippen LogP contribution >= 0.6 is 0 Å². The van der Waals surface area contributed by atoms with E-state index in [9.17, 15) is 9.59 Å². The first-order chi connectivity index (χ1) is 25.2. The molecule has 5 N–H and O–H groups in total. The van der Waals surface area contributed by atoms with E-state index in [1.54, 1.807) is 0 Å². The molecule has 52 heavy (non-hydrogen) atoms. The summed E-state index contributed by atoms with van der Waals surface area (Å²) in [5.41, 5.74) is 13.1. The van der Waals surface area contributed by atoms with Crippen molar-refractivity contribution in [3.05, 3.63) is 84.7 Å². The fourth-order valence-electron chi connectivity index (χ4n) is 8.97. The molecule has 1 aliphatic heterocycles. The van der Waals surface area contributed by atoms with E-state index < -0.39 is 12.1 Å². The number of nitrogens with one attached hydrogen (secondary N) is 3. The number of nitrogens with two attached hydrogens (primary N) is 1. The summed E-state index contributed by atoms with van der Waals surface area (Å²) in [5, 5.41) is 5.05. The highest BCUT2D eigenvalue weighted by atomic mass is 16.5. The molecule has 2 unspecified atom stereocenters. The Kier molecular flexibility index (Phi) is 7.99. The molecule has 10 nitrogen and oxygen atoms in total. The predicted octanol–water partition coefficient (Wildman–Crippen LogP) is 7.77. The molecule has 3 aromatic carbocycles. The maximum Gasteiger partial charge on any atom is 0.407 e. The third kappa shape index (κ3) is 6.06. The second kappa shape index (κ2) is 12.6. The summed E-state index contributed by atoms with van der Waals surface area (Å²) < 4.78 is 4.82. The average molecular weight is 698 g/mol. The van der Waals surface area contributed by atoms with Crippen molar-refractivity contribution in [3.8, 4) is 33.6 Å². The molecule has 3 aliphatic carbocycles. The number of likely N-dealkylation sites (tertiary alicyclic amines) is 1. The SMILES string of the molecule is COC(=O)N[C@H](C(=O)N1CC2(CC2)C[C@H]1c1ncc(-c2ccc3cc(-c4ccc(-c5cnc([C@@H](N)C6CC7C[C@H]7C6)[nH]5)cc4)ccc3c2)[nH]1)C(C)C. The molecular weight excluding hydrogens is 651 g/mol. The Morgan fingerprint density at radius 2 is 1.50 bits per heavy atom. The highest BCUT2D eigenvalue weighted by Gasteiger charge is 2.55. The Balaban J connectivity index is 0.901. The highest BCUT2D eigenvalue weighted by Crippen LogP contribution is 2.58.